The van der Waals surface area contributed by atoms with Crippen LogP contribution in [0.3, 0.4) is 0 Å². The molecule has 1 fully saturated rings. The minimum absolute atomic E-state index is 0.0666. The molecule has 13 heteroatoms. The van der Waals surface area contributed by atoms with E-state index in [2.05, 4.69) is 10.2 Å². The third-order valence-corrected chi connectivity index (χ3v) is 6.98. The summed E-state index contributed by atoms with van der Waals surface area (Å²) in [7, 11) is 1.25. The third-order valence-electron chi connectivity index (χ3n) is 6.98. The van der Waals surface area contributed by atoms with Gasteiger partial charge in [-0.05, 0) is 67.3 Å². The van der Waals surface area contributed by atoms with E-state index in [0.717, 1.165) is 70.2 Å². The number of imidazole rings is 1. The number of hydrogen-bond acceptors (Lipinski definition) is 4. The van der Waals surface area contributed by atoms with Crippen LogP contribution in [0.2, 0.25) is 0 Å². The van der Waals surface area contributed by atoms with Crippen LogP contribution in [-0.2, 0) is 18.4 Å². The number of likely N-dealkylation sites (tertiary alicyclic amines) is 1. The summed E-state index contributed by atoms with van der Waals surface area (Å²) in [6, 6.07) is 5.74. The number of azo groups is 1. The fraction of sp³-hybridized carbons (Fsp3) is 0.400. The number of alkyl halides is 6. The Labute approximate surface area is 213 Å². The van der Waals surface area contributed by atoms with Gasteiger partial charge in [0.05, 0.1) is 28.9 Å². The first-order valence-electron chi connectivity index (χ1n) is 11.9. The van der Waals surface area contributed by atoms with E-state index in [4.69, 9.17) is 0 Å². The third kappa shape index (κ3) is 4.32. The number of fused-ring (bicyclic) bond motifs is 1. The Morgan fingerprint density at radius 2 is 1.74 bits per heavy atom. The summed E-state index contributed by atoms with van der Waals surface area (Å²) in [6.45, 7) is 2.43. The van der Waals surface area contributed by atoms with Crippen molar-refractivity contribution < 1.29 is 30.9 Å². The van der Waals surface area contributed by atoms with Gasteiger partial charge in [-0.2, -0.15) is 22.0 Å². The summed E-state index contributed by atoms with van der Waals surface area (Å²) in [4.78, 5) is 15.3. The molecule has 0 amide bonds. The molecule has 1 radical (unpaired) electrons. The second-order valence-electron chi connectivity index (χ2n) is 9.67. The van der Waals surface area contributed by atoms with Crippen molar-refractivity contribution in [1.29, 1.82) is 0 Å². The van der Waals surface area contributed by atoms with Crippen LogP contribution in [0.1, 0.15) is 36.5 Å². The maximum Gasteiger partial charge on any atom is 0.418 e. The van der Waals surface area contributed by atoms with Gasteiger partial charge in [-0.1, -0.05) is 12.1 Å². The molecule has 0 saturated carbocycles. The molecule has 5 rings (SSSR count). The van der Waals surface area contributed by atoms with Gasteiger partial charge in [0.2, 0.25) is 5.67 Å². The van der Waals surface area contributed by atoms with Crippen molar-refractivity contribution in [2.75, 3.05) is 20.1 Å². The van der Waals surface area contributed by atoms with Crippen LogP contribution < -0.4 is 5.69 Å². The molecular weight excluding hydrogens is 514 g/mol. The van der Waals surface area contributed by atoms with Crippen LogP contribution in [0.5, 0.6) is 0 Å². The lowest BCUT2D eigenvalue weighted by Gasteiger charge is -2.30. The van der Waals surface area contributed by atoms with E-state index in [0.29, 0.717) is 12.5 Å². The summed E-state index contributed by atoms with van der Waals surface area (Å²) in [5.41, 5.74) is -5.76. The van der Waals surface area contributed by atoms with E-state index < -0.39 is 46.3 Å². The first-order valence-corrected chi connectivity index (χ1v) is 11.9. The fourth-order valence-electron chi connectivity index (χ4n) is 4.85. The van der Waals surface area contributed by atoms with Gasteiger partial charge in [0.25, 0.3) is 0 Å². The maximum atomic E-state index is 15.7. The van der Waals surface area contributed by atoms with Crippen LogP contribution in [0.25, 0.3) is 11.2 Å². The van der Waals surface area contributed by atoms with Crippen molar-refractivity contribution in [3.05, 3.63) is 76.1 Å². The minimum Gasteiger partial charge on any atom is -0.299 e. The molecule has 1 saturated heterocycles. The highest BCUT2D eigenvalue weighted by molar-refractivity contribution is 5.58. The number of aromatic nitrogens is 2. The molecule has 0 spiro atoms. The number of pyridine rings is 1. The van der Waals surface area contributed by atoms with Gasteiger partial charge in [0, 0.05) is 18.9 Å². The number of hydrogen-bond donors (Lipinski definition) is 0. The molecule has 0 N–H and O–H groups in total. The van der Waals surface area contributed by atoms with Crippen LogP contribution in [-0.4, -0.2) is 50.8 Å². The lowest BCUT2D eigenvalue weighted by molar-refractivity contribution is -0.505. The molecule has 1 aromatic carbocycles. The zero-order valence-electron chi connectivity index (χ0n) is 20.5. The highest BCUT2D eigenvalue weighted by Crippen LogP contribution is 2.48. The van der Waals surface area contributed by atoms with Crippen LogP contribution in [0, 0.1) is 6.17 Å². The molecule has 201 valence electrons. The highest BCUT2D eigenvalue weighted by Gasteiger charge is 2.64. The van der Waals surface area contributed by atoms with E-state index in [-0.39, 0.29) is 12.2 Å². The van der Waals surface area contributed by atoms with Gasteiger partial charge in [0.15, 0.2) is 0 Å². The molecule has 38 heavy (non-hydrogen) atoms. The molecule has 0 bridgehead atoms. The van der Waals surface area contributed by atoms with E-state index in [9.17, 15) is 18.0 Å². The molecule has 0 unspecified atom stereocenters. The molecular formula is C25H24F6N6O+. The average molecular weight is 538 g/mol. The second kappa shape index (κ2) is 9.07. The Bertz CT molecular complexity index is 1500. The highest BCUT2D eigenvalue weighted by atomic mass is 19.4. The number of halogens is 6. The van der Waals surface area contributed by atoms with Gasteiger partial charge >= 0.3 is 30.3 Å². The lowest BCUT2D eigenvalue weighted by Crippen LogP contribution is -2.46. The molecule has 2 aliphatic heterocycles. The summed E-state index contributed by atoms with van der Waals surface area (Å²) in [5.74, 6) is -4.11. The van der Waals surface area contributed by atoms with Crippen molar-refractivity contribution in [2.45, 2.75) is 44.1 Å². The molecule has 4 heterocycles. The van der Waals surface area contributed by atoms with Crippen molar-refractivity contribution >= 4 is 11.9 Å². The van der Waals surface area contributed by atoms with E-state index in [1.165, 1.54) is 25.4 Å². The maximum absolute atomic E-state index is 15.7. The van der Waals surface area contributed by atoms with Gasteiger partial charge in [-0.25, -0.2) is 13.8 Å². The molecule has 0 aliphatic carbocycles. The largest absolute Gasteiger partial charge is 0.418 e. The number of benzene rings is 1. The first-order chi connectivity index (χ1) is 17.8. The quantitative estimate of drug-likeness (QED) is 0.322. The van der Waals surface area contributed by atoms with E-state index in [1.54, 1.807) is 0 Å². The monoisotopic (exact) mass is 538 g/mol. The summed E-state index contributed by atoms with van der Waals surface area (Å²) >= 11 is 0. The van der Waals surface area contributed by atoms with Crippen LogP contribution in [0.15, 0.2) is 57.7 Å². The molecule has 7 nitrogen and oxygen atoms in total. The van der Waals surface area contributed by atoms with Crippen molar-refractivity contribution in [3.8, 4) is 5.69 Å². The van der Waals surface area contributed by atoms with Crippen molar-refractivity contribution in [3.63, 3.8) is 0 Å². The van der Waals surface area contributed by atoms with Gasteiger partial charge in [-0.3, -0.25) is 13.9 Å². The number of nitrogens with zero attached hydrogens (tertiary/aromatic N) is 6. The zero-order valence-corrected chi connectivity index (χ0v) is 20.5. The number of rotatable bonds is 6. The molecule has 2 aromatic heterocycles. The van der Waals surface area contributed by atoms with E-state index in [1.807, 2.05) is 4.90 Å². The predicted molar refractivity (Wildman–Crippen MR) is 126 cm³/mol. The van der Waals surface area contributed by atoms with Crippen LogP contribution >= 0.6 is 0 Å². The summed E-state index contributed by atoms with van der Waals surface area (Å²) < 4.78 is 90.8. The summed E-state index contributed by atoms with van der Waals surface area (Å²) in [6.07, 6.45) is -0.400. The normalized spacial score (nSPS) is 18.9. The van der Waals surface area contributed by atoms with E-state index >= 15 is 13.2 Å². The van der Waals surface area contributed by atoms with Gasteiger partial charge in [-0.15, -0.1) is 0 Å². The Hall–Kier alpha value is -3.48. The fourth-order valence-corrected chi connectivity index (χ4v) is 4.85. The van der Waals surface area contributed by atoms with Crippen molar-refractivity contribution in [2.24, 2.45) is 10.2 Å². The molecule has 3 aromatic rings. The standard InChI is InChI=1S/C25H24F6N6O/c1-23(26,24(27,28)21-33-32-15-34(21)2)17-6-5-7-18(11-17)36-14-20-19(25(29,30)31)10-16(13-37(20)22(36)38)12-35-8-3-4-9-35/h5-7,10-11,13-15H,3-4,8-9,12H2,1-2H3/q+1/t23-/m1/s1. The van der Waals surface area contributed by atoms with Crippen LogP contribution in [0.4, 0.5) is 26.3 Å². The smallest absolute Gasteiger partial charge is 0.299 e. The molecule has 2 aliphatic rings. The summed E-state index contributed by atoms with van der Waals surface area (Å²) in [5, 5.41) is 6.72. The lowest BCUT2D eigenvalue weighted by atomic mass is 9.89. The first kappa shape index (κ1) is 26.1. The Morgan fingerprint density at radius 3 is 2.37 bits per heavy atom. The topological polar surface area (TPSA) is 57.4 Å². The Morgan fingerprint density at radius 1 is 1.03 bits per heavy atom. The van der Waals surface area contributed by atoms with Gasteiger partial charge < -0.3 is 0 Å². The molecule has 1 atom stereocenters. The Kier molecular flexibility index (Phi) is 6.24. The van der Waals surface area contributed by atoms with Crippen molar-refractivity contribution in [1.82, 2.24) is 13.9 Å². The second-order valence-corrected chi connectivity index (χ2v) is 9.67. The van der Waals surface area contributed by atoms with Gasteiger partial charge in [0.1, 0.15) is 0 Å². The zero-order chi connectivity index (χ0) is 27.5. The SMILES string of the molecule is C[N+]1=CN=N[C]1C(F)(F)[C@](C)(F)c1cccc(-n2cc3c(C(F)(F)F)cc(CN4CCCC4)cn3c2=O)c1. The predicted octanol–water partition coefficient (Wildman–Crippen LogP) is 5.15. The average Bonchev–Trinajstić information content (AvgIpc) is 3.59. The Balaban J connectivity index is 1.59. The minimum atomic E-state index is -4.75.